The summed E-state index contributed by atoms with van der Waals surface area (Å²) < 4.78 is 41.9. The first-order chi connectivity index (χ1) is 13.8. The number of rotatable bonds is 7. The lowest BCUT2D eigenvalue weighted by Gasteiger charge is -2.05. The Morgan fingerprint density at radius 2 is 2.07 bits per heavy atom. The summed E-state index contributed by atoms with van der Waals surface area (Å²) in [5, 5.41) is 21.0. The number of aromatic nitrogens is 4. The largest absolute Gasteiger partial charge is 0.322 e. The number of amides is 1. The molecule has 1 N–H and O–H groups in total. The number of halogens is 3. The lowest BCUT2D eigenvalue weighted by molar-refractivity contribution is -0.386. The SMILES string of the molecule is Cc1c([N+](=O)[O-])c(C(F)F)nn1CC(=O)Nc1cnn(Cc2ccccc2F)c1. The fourth-order valence-corrected chi connectivity index (χ4v) is 2.74. The molecule has 1 amide bonds. The van der Waals surface area contributed by atoms with E-state index >= 15 is 0 Å². The van der Waals surface area contributed by atoms with E-state index in [1.54, 1.807) is 18.2 Å². The summed E-state index contributed by atoms with van der Waals surface area (Å²) in [4.78, 5) is 22.2. The summed E-state index contributed by atoms with van der Waals surface area (Å²) in [5.41, 5.74) is -1.26. The van der Waals surface area contributed by atoms with Crippen molar-refractivity contribution in [2.24, 2.45) is 0 Å². The van der Waals surface area contributed by atoms with E-state index in [1.807, 2.05) is 0 Å². The third kappa shape index (κ3) is 4.42. The van der Waals surface area contributed by atoms with Gasteiger partial charge >= 0.3 is 5.69 Å². The zero-order chi connectivity index (χ0) is 21.1. The zero-order valence-corrected chi connectivity index (χ0v) is 15.1. The molecule has 0 bridgehead atoms. The van der Waals surface area contributed by atoms with Crippen LogP contribution in [0.3, 0.4) is 0 Å². The van der Waals surface area contributed by atoms with Gasteiger partial charge in [0.05, 0.1) is 23.4 Å². The molecule has 0 unspecified atom stereocenters. The molecule has 2 heterocycles. The molecule has 0 aliphatic carbocycles. The van der Waals surface area contributed by atoms with E-state index in [0.29, 0.717) is 11.3 Å². The smallest absolute Gasteiger partial charge is 0.319 e. The fourth-order valence-electron chi connectivity index (χ4n) is 2.74. The third-order valence-corrected chi connectivity index (χ3v) is 4.09. The van der Waals surface area contributed by atoms with E-state index in [1.165, 1.54) is 30.1 Å². The number of nitrogens with zero attached hydrogens (tertiary/aromatic N) is 5. The predicted molar refractivity (Wildman–Crippen MR) is 94.9 cm³/mol. The Morgan fingerprint density at radius 1 is 1.34 bits per heavy atom. The molecule has 0 aliphatic heterocycles. The van der Waals surface area contributed by atoms with Crippen LogP contribution < -0.4 is 5.32 Å². The molecule has 3 rings (SSSR count). The molecule has 1 aromatic carbocycles. The molecule has 0 spiro atoms. The Hall–Kier alpha value is -3.70. The lowest BCUT2D eigenvalue weighted by Crippen LogP contribution is -2.20. The van der Waals surface area contributed by atoms with Crippen LogP contribution in [-0.4, -0.2) is 30.4 Å². The van der Waals surface area contributed by atoms with Crippen molar-refractivity contribution in [2.75, 3.05) is 5.32 Å². The minimum Gasteiger partial charge on any atom is -0.322 e. The number of anilines is 1. The summed E-state index contributed by atoms with van der Waals surface area (Å²) in [6, 6.07) is 6.17. The van der Waals surface area contributed by atoms with Crippen LogP contribution in [-0.2, 0) is 17.9 Å². The number of hydrogen-bond donors (Lipinski definition) is 1. The maximum absolute atomic E-state index is 13.7. The minimum absolute atomic E-state index is 0.144. The molecule has 0 saturated carbocycles. The Balaban J connectivity index is 1.69. The highest BCUT2D eigenvalue weighted by molar-refractivity contribution is 5.90. The van der Waals surface area contributed by atoms with Gasteiger partial charge in [-0.2, -0.15) is 10.2 Å². The first-order valence-electron chi connectivity index (χ1n) is 8.31. The van der Waals surface area contributed by atoms with Gasteiger partial charge in [0.25, 0.3) is 6.43 Å². The number of carbonyl (C=O) groups excluding carboxylic acids is 1. The van der Waals surface area contributed by atoms with Crippen LogP contribution in [0.15, 0.2) is 36.7 Å². The second kappa shape index (κ2) is 8.12. The highest BCUT2D eigenvalue weighted by Crippen LogP contribution is 2.30. The maximum atomic E-state index is 13.7. The third-order valence-electron chi connectivity index (χ3n) is 4.09. The molecule has 12 heteroatoms. The van der Waals surface area contributed by atoms with E-state index in [9.17, 15) is 28.1 Å². The first kappa shape index (κ1) is 20.0. The summed E-state index contributed by atoms with van der Waals surface area (Å²) in [7, 11) is 0. The summed E-state index contributed by atoms with van der Waals surface area (Å²) in [6.45, 7) is 0.874. The van der Waals surface area contributed by atoms with Crippen molar-refractivity contribution in [3.63, 3.8) is 0 Å². The molecule has 152 valence electrons. The second-order valence-electron chi connectivity index (χ2n) is 6.10. The summed E-state index contributed by atoms with van der Waals surface area (Å²) in [6.07, 6.45) is -0.343. The molecular weight excluding hydrogens is 393 g/mol. The Labute approximate surface area is 161 Å². The van der Waals surface area contributed by atoms with E-state index in [-0.39, 0.29) is 18.1 Å². The van der Waals surface area contributed by atoms with Gasteiger partial charge in [0.1, 0.15) is 18.1 Å². The average Bonchev–Trinajstić information content (AvgIpc) is 3.21. The van der Waals surface area contributed by atoms with Crippen molar-refractivity contribution in [3.8, 4) is 0 Å². The van der Waals surface area contributed by atoms with Crippen molar-refractivity contribution in [3.05, 3.63) is 69.5 Å². The quantitative estimate of drug-likeness (QED) is 0.478. The predicted octanol–water partition coefficient (Wildman–Crippen LogP) is 3.06. The Kier molecular flexibility index (Phi) is 5.61. The molecule has 0 radical (unpaired) electrons. The van der Waals surface area contributed by atoms with Crippen LogP contribution in [0.2, 0.25) is 0 Å². The number of nitro groups is 1. The van der Waals surface area contributed by atoms with Crippen LogP contribution in [0.1, 0.15) is 23.4 Å². The van der Waals surface area contributed by atoms with Crippen LogP contribution in [0.5, 0.6) is 0 Å². The molecule has 29 heavy (non-hydrogen) atoms. The van der Waals surface area contributed by atoms with Gasteiger partial charge < -0.3 is 5.32 Å². The molecule has 2 aromatic heterocycles. The molecule has 0 fully saturated rings. The van der Waals surface area contributed by atoms with Gasteiger partial charge in [-0.25, -0.2) is 13.2 Å². The molecule has 3 aromatic rings. The minimum atomic E-state index is -3.14. The normalized spacial score (nSPS) is 11.1. The zero-order valence-electron chi connectivity index (χ0n) is 15.1. The highest BCUT2D eigenvalue weighted by atomic mass is 19.3. The van der Waals surface area contributed by atoms with Crippen molar-refractivity contribution in [2.45, 2.75) is 26.4 Å². The van der Waals surface area contributed by atoms with E-state index in [4.69, 9.17) is 0 Å². The number of benzene rings is 1. The number of alkyl halides is 2. The van der Waals surface area contributed by atoms with Crippen molar-refractivity contribution in [1.82, 2.24) is 19.6 Å². The van der Waals surface area contributed by atoms with Gasteiger partial charge in [0.15, 0.2) is 0 Å². The van der Waals surface area contributed by atoms with Gasteiger partial charge in [0, 0.05) is 11.8 Å². The van der Waals surface area contributed by atoms with Crippen LogP contribution in [0, 0.1) is 22.9 Å². The molecule has 0 aliphatic rings. The molecule has 9 nitrogen and oxygen atoms in total. The summed E-state index contributed by atoms with van der Waals surface area (Å²) >= 11 is 0. The monoisotopic (exact) mass is 408 g/mol. The van der Waals surface area contributed by atoms with Crippen LogP contribution in [0.4, 0.5) is 24.5 Å². The van der Waals surface area contributed by atoms with Crippen molar-refractivity contribution >= 4 is 17.3 Å². The van der Waals surface area contributed by atoms with Gasteiger partial charge in [-0.3, -0.25) is 24.3 Å². The number of hydrogen-bond acceptors (Lipinski definition) is 5. The van der Waals surface area contributed by atoms with Crippen molar-refractivity contribution in [1.29, 1.82) is 0 Å². The number of nitrogens with one attached hydrogen (secondary N) is 1. The van der Waals surface area contributed by atoms with Gasteiger partial charge in [-0.05, 0) is 13.0 Å². The van der Waals surface area contributed by atoms with E-state index < -0.39 is 35.2 Å². The van der Waals surface area contributed by atoms with Gasteiger partial charge in [-0.15, -0.1) is 0 Å². The maximum Gasteiger partial charge on any atom is 0.319 e. The topological polar surface area (TPSA) is 108 Å². The fraction of sp³-hybridized carbons (Fsp3) is 0.235. The van der Waals surface area contributed by atoms with Crippen LogP contribution in [0.25, 0.3) is 0 Å². The average molecular weight is 408 g/mol. The second-order valence-corrected chi connectivity index (χ2v) is 6.10. The number of carbonyl (C=O) groups is 1. The lowest BCUT2D eigenvalue weighted by atomic mass is 10.2. The van der Waals surface area contributed by atoms with E-state index in [0.717, 1.165) is 4.68 Å². The standard InChI is InChI=1S/C17H15F3N6O3/c1-10-16(26(28)29)15(17(19)20)23-25(10)9-14(27)22-12-6-21-24(8-12)7-11-4-2-3-5-13(11)18/h2-6,8,17H,7,9H2,1H3,(H,22,27). The first-order valence-corrected chi connectivity index (χ1v) is 8.31. The molecular formula is C17H15F3N6O3. The molecule has 0 saturated heterocycles. The Morgan fingerprint density at radius 3 is 2.69 bits per heavy atom. The molecule has 0 atom stereocenters. The highest BCUT2D eigenvalue weighted by Gasteiger charge is 2.31. The van der Waals surface area contributed by atoms with Crippen molar-refractivity contribution < 1.29 is 22.9 Å². The Bertz CT molecular complexity index is 1060. The van der Waals surface area contributed by atoms with Gasteiger partial charge in [0.2, 0.25) is 11.6 Å². The van der Waals surface area contributed by atoms with E-state index in [2.05, 4.69) is 15.5 Å². The summed E-state index contributed by atoms with van der Waals surface area (Å²) in [5.74, 6) is -1.03. The van der Waals surface area contributed by atoms with Crippen LogP contribution >= 0.6 is 0 Å². The van der Waals surface area contributed by atoms with Gasteiger partial charge in [-0.1, -0.05) is 18.2 Å².